The molecule has 0 heterocycles. The third-order valence-corrected chi connectivity index (χ3v) is 5.36. The second-order valence-corrected chi connectivity index (χ2v) is 7.31. The third-order valence-electron chi connectivity index (χ3n) is 4.45. The van der Waals surface area contributed by atoms with Crippen LogP contribution in [0.3, 0.4) is 0 Å². The molecule has 0 saturated heterocycles. The van der Waals surface area contributed by atoms with Crippen molar-refractivity contribution in [3.63, 3.8) is 0 Å². The first-order chi connectivity index (χ1) is 12.3. The van der Waals surface area contributed by atoms with Gasteiger partial charge in [-0.05, 0) is 43.7 Å². The predicted molar refractivity (Wildman–Crippen MR) is 102 cm³/mol. The number of allylic oxidation sites excluding steroid dienone is 1. The highest BCUT2D eigenvalue weighted by molar-refractivity contribution is 6.43. The molecule has 0 bridgehead atoms. The summed E-state index contributed by atoms with van der Waals surface area (Å²) in [6.07, 6.45) is 4.39. The van der Waals surface area contributed by atoms with Gasteiger partial charge >= 0.3 is 5.97 Å². The molecule has 1 aromatic rings. The molecule has 0 radical (unpaired) electrons. The Kier molecular flexibility index (Phi) is 6.95. The lowest BCUT2D eigenvalue weighted by Crippen LogP contribution is -2.56. The van der Waals surface area contributed by atoms with Crippen LogP contribution in [0.15, 0.2) is 24.3 Å². The fourth-order valence-electron chi connectivity index (χ4n) is 2.90. The second kappa shape index (κ2) is 8.78. The van der Waals surface area contributed by atoms with E-state index in [4.69, 9.17) is 33.0 Å². The van der Waals surface area contributed by atoms with E-state index in [1.54, 1.807) is 6.07 Å². The summed E-state index contributed by atoms with van der Waals surface area (Å²) in [4.78, 5) is 23.0. The molecule has 1 fully saturated rings. The number of amides is 1. The minimum Gasteiger partial charge on any atom is -0.480 e. The zero-order valence-electron chi connectivity index (χ0n) is 14.7. The van der Waals surface area contributed by atoms with E-state index in [0.717, 1.165) is 30.4 Å². The Hall–Kier alpha value is -1.72. The highest BCUT2D eigenvalue weighted by Gasteiger charge is 2.47. The summed E-state index contributed by atoms with van der Waals surface area (Å²) in [7, 11) is 0. The molecule has 0 unspecified atom stereocenters. The maximum Gasteiger partial charge on any atom is 0.322 e. The largest absolute Gasteiger partial charge is 0.480 e. The molecule has 0 spiro atoms. The minimum atomic E-state index is -1.11. The Labute approximate surface area is 163 Å². The standard InChI is InChI=1S/C19H23Cl2NO4/c1-3-5-12(2)10-13-6-7-14(17(21)16(13)20)26-19(8-4-9-19)18(25)22-11-15(23)24/h6-7H,2-5,8-11H2,1H3,(H,22,25)(H,23,24). The van der Waals surface area contributed by atoms with Crippen LogP contribution in [-0.4, -0.2) is 29.1 Å². The van der Waals surface area contributed by atoms with Crippen molar-refractivity contribution < 1.29 is 19.4 Å². The molecule has 26 heavy (non-hydrogen) atoms. The lowest BCUT2D eigenvalue weighted by molar-refractivity contribution is -0.147. The number of carboxylic acids is 1. The van der Waals surface area contributed by atoms with Crippen LogP contribution >= 0.6 is 23.2 Å². The lowest BCUT2D eigenvalue weighted by Gasteiger charge is -2.40. The van der Waals surface area contributed by atoms with E-state index in [1.807, 2.05) is 6.07 Å². The SMILES string of the molecule is C=C(CCC)Cc1ccc(OC2(C(=O)NCC(=O)O)CCC2)c(Cl)c1Cl. The smallest absolute Gasteiger partial charge is 0.322 e. The van der Waals surface area contributed by atoms with E-state index in [2.05, 4.69) is 18.8 Å². The quantitative estimate of drug-likeness (QED) is 0.603. The highest BCUT2D eigenvalue weighted by atomic mass is 35.5. The molecule has 1 saturated carbocycles. The topological polar surface area (TPSA) is 75.6 Å². The Balaban J connectivity index is 2.15. The first-order valence-electron chi connectivity index (χ1n) is 8.61. The number of rotatable bonds is 9. The first-order valence-corrected chi connectivity index (χ1v) is 9.37. The number of aliphatic carboxylic acids is 1. The van der Waals surface area contributed by atoms with E-state index in [-0.39, 0.29) is 5.02 Å². The van der Waals surface area contributed by atoms with Gasteiger partial charge in [-0.2, -0.15) is 0 Å². The number of hydrogen-bond acceptors (Lipinski definition) is 3. The van der Waals surface area contributed by atoms with Crippen LogP contribution in [0, 0.1) is 0 Å². The Morgan fingerprint density at radius 2 is 2.00 bits per heavy atom. The van der Waals surface area contributed by atoms with Gasteiger partial charge < -0.3 is 15.2 Å². The van der Waals surface area contributed by atoms with Gasteiger partial charge in [-0.1, -0.05) is 54.8 Å². The van der Waals surface area contributed by atoms with Gasteiger partial charge in [0.1, 0.15) is 17.3 Å². The van der Waals surface area contributed by atoms with Crippen molar-refractivity contribution in [3.05, 3.63) is 39.9 Å². The van der Waals surface area contributed by atoms with Crippen molar-refractivity contribution in [1.29, 1.82) is 0 Å². The predicted octanol–water partition coefficient (Wildman–Crippen LogP) is 4.39. The summed E-state index contributed by atoms with van der Waals surface area (Å²) in [5, 5.41) is 11.8. The Morgan fingerprint density at radius 1 is 1.31 bits per heavy atom. The molecule has 1 amide bonds. The third kappa shape index (κ3) is 4.71. The van der Waals surface area contributed by atoms with Gasteiger partial charge in [-0.25, -0.2) is 0 Å². The Morgan fingerprint density at radius 3 is 2.54 bits per heavy atom. The van der Waals surface area contributed by atoms with Crippen molar-refractivity contribution in [2.75, 3.05) is 6.54 Å². The lowest BCUT2D eigenvalue weighted by atomic mass is 9.79. The van der Waals surface area contributed by atoms with E-state index >= 15 is 0 Å². The zero-order chi connectivity index (χ0) is 19.3. The normalized spacial score (nSPS) is 15.0. The van der Waals surface area contributed by atoms with Crippen molar-refractivity contribution in [2.45, 2.75) is 51.0 Å². The van der Waals surface area contributed by atoms with Crippen molar-refractivity contribution in [1.82, 2.24) is 5.32 Å². The van der Waals surface area contributed by atoms with Crippen LogP contribution in [0.2, 0.25) is 10.0 Å². The molecular formula is C19H23Cl2NO4. The molecule has 142 valence electrons. The molecule has 0 atom stereocenters. The molecule has 0 aromatic heterocycles. The maximum absolute atomic E-state index is 12.3. The minimum absolute atomic E-state index is 0.255. The monoisotopic (exact) mass is 399 g/mol. The van der Waals surface area contributed by atoms with Crippen LogP contribution in [-0.2, 0) is 16.0 Å². The molecule has 1 aliphatic carbocycles. The van der Waals surface area contributed by atoms with E-state index in [0.29, 0.717) is 30.0 Å². The molecular weight excluding hydrogens is 377 g/mol. The van der Waals surface area contributed by atoms with E-state index in [9.17, 15) is 9.59 Å². The van der Waals surface area contributed by atoms with Crippen molar-refractivity contribution in [3.8, 4) is 5.75 Å². The molecule has 2 N–H and O–H groups in total. The molecule has 5 nitrogen and oxygen atoms in total. The molecule has 0 aliphatic heterocycles. The summed E-state index contributed by atoms with van der Waals surface area (Å²) < 4.78 is 5.91. The van der Waals surface area contributed by atoms with Gasteiger partial charge in [0.15, 0.2) is 5.60 Å². The molecule has 7 heteroatoms. The summed E-state index contributed by atoms with van der Waals surface area (Å²) in [5.74, 6) is -1.23. The van der Waals surface area contributed by atoms with E-state index < -0.39 is 24.0 Å². The number of nitrogens with one attached hydrogen (secondary N) is 1. The van der Waals surface area contributed by atoms with Gasteiger partial charge in [-0.3, -0.25) is 9.59 Å². The second-order valence-electron chi connectivity index (χ2n) is 6.55. The summed E-state index contributed by atoms with van der Waals surface area (Å²) in [6.45, 7) is 5.68. The number of carboxylic acid groups (broad SMARTS) is 1. The number of halogens is 2. The first kappa shape index (κ1) is 20.6. The number of hydrogen-bond donors (Lipinski definition) is 2. The fourth-order valence-corrected chi connectivity index (χ4v) is 3.35. The molecule has 1 aliphatic rings. The van der Waals surface area contributed by atoms with Crippen molar-refractivity contribution in [2.24, 2.45) is 0 Å². The number of carbonyl (C=O) groups is 2. The summed E-state index contributed by atoms with van der Waals surface area (Å²) in [5.41, 5.74) is 0.846. The van der Waals surface area contributed by atoms with Gasteiger partial charge in [0, 0.05) is 0 Å². The Bertz CT molecular complexity index is 714. The summed E-state index contributed by atoms with van der Waals surface area (Å²) >= 11 is 12.7. The molecule has 1 aromatic carbocycles. The molecule has 2 rings (SSSR count). The van der Waals surface area contributed by atoms with Crippen molar-refractivity contribution >= 4 is 35.1 Å². The number of ether oxygens (including phenoxy) is 1. The van der Waals surface area contributed by atoms with Crippen LogP contribution in [0.5, 0.6) is 5.75 Å². The number of carbonyl (C=O) groups excluding carboxylic acids is 1. The average molecular weight is 400 g/mol. The van der Waals surface area contributed by atoms with Crippen LogP contribution in [0.4, 0.5) is 0 Å². The summed E-state index contributed by atoms with van der Waals surface area (Å²) in [6, 6.07) is 3.53. The van der Waals surface area contributed by atoms with Gasteiger partial charge in [0.2, 0.25) is 0 Å². The average Bonchev–Trinajstić information content (AvgIpc) is 2.55. The van der Waals surface area contributed by atoms with Gasteiger partial charge in [-0.15, -0.1) is 0 Å². The van der Waals surface area contributed by atoms with E-state index in [1.165, 1.54) is 0 Å². The van der Waals surface area contributed by atoms with Crippen LogP contribution in [0.1, 0.15) is 44.6 Å². The van der Waals surface area contributed by atoms with Crippen LogP contribution < -0.4 is 10.1 Å². The van der Waals surface area contributed by atoms with Gasteiger partial charge in [0.05, 0.1) is 5.02 Å². The van der Waals surface area contributed by atoms with Gasteiger partial charge in [0.25, 0.3) is 5.91 Å². The highest BCUT2D eigenvalue weighted by Crippen LogP contribution is 2.42. The number of benzene rings is 1. The maximum atomic E-state index is 12.3. The zero-order valence-corrected chi connectivity index (χ0v) is 16.3. The van der Waals surface area contributed by atoms with Crippen LogP contribution in [0.25, 0.3) is 0 Å². The fraction of sp³-hybridized carbons (Fsp3) is 0.474.